The van der Waals surface area contributed by atoms with Crippen molar-refractivity contribution in [2.45, 2.75) is 56.4 Å². The van der Waals surface area contributed by atoms with Gasteiger partial charge < -0.3 is 5.11 Å². The van der Waals surface area contributed by atoms with Crippen LogP contribution in [-0.2, 0) is 10.0 Å². The predicted octanol–water partition coefficient (Wildman–Crippen LogP) is 2.64. The monoisotopic (exact) mass is 311 g/mol. The molecule has 0 unspecified atom stereocenters. The molecule has 0 atom stereocenters. The Hall–Kier alpha value is -0.910. The summed E-state index contributed by atoms with van der Waals surface area (Å²) in [7, 11) is -3.45. The van der Waals surface area contributed by atoms with Crippen LogP contribution in [-0.4, -0.2) is 26.2 Å². The molecule has 2 rings (SSSR count). The number of sulfonamides is 1. The van der Waals surface area contributed by atoms with Crippen molar-refractivity contribution in [2.75, 3.05) is 6.61 Å². The quantitative estimate of drug-likeness (QED) is 0.878. The van der Waals surface area contributed by atoms with Gasteiger partial charge in [0.05, 0.1) is 4.90 Å². The molecule has 1 aliphatic rings. The zero-order valence-corrected chi connectivity index (χ0v) is 13.6. The second-order valence-corrected chi connectivity index (χ2v) is 7.96. The number of rotatable bonds is 5. The minimum absolute atomic E-state index is 0.0134. The first-order valence-electron chi connectivity index (χ1n) is 7.65. The van der Waals surface area contributed by atoms with Crippen LogP contribution in [0.2, 0.25) is 0 Å². The molecule has 4 nitrogen and oxygen atoms in total. The van der Waals surface area contributed by atoms with E-state index < -0.39 is 10.0 Å². The Morgan fingerprint density at radius 1 is 1.24 bits per heavy atom. The van der Waals surface area contributed by atoms with Crippen molar-refractivity contribution in [3.63, 3.8) is 0 Å². The van der Waals surface area contributed by atoms with Crippen molar-refractivity contribution in [3.05, 3.63) is 29.8 Å². The molecule has 5 heteroatoms. The molecule has 0 radical (unpaired) electrons. The summed E-state index contributed by atoms with van der Waals surface area (Å²) in [4.78, 5) is 0.345. The fourth-order valence-electron chi connectivity index (χ4n) is 2.79. The maximum absolute atomic E-state index is 12.5. The van der Waals surface area contributed by atoms with Gasteiger partial charge in [0.1, 0.15) is 0 Å². The highest BCUT2D eigenvalue weighted by Crippen LogP contribution is 2.25. The number of aliphatic hydroxyl groups excluding tert-OH is 1. The number of benzene rings is 1. The third-order valence-electron chi connectivity index (χ3n) is 4.26. The first-order valence-corrected chi connectivity index (χ1v) is 9.14. The summed E-state index contributed by atoms with van der Waals surface area (Å²) >= 11 is 0. The van der Waals surface area contributed by atoms with Crippen molar-refractivity contribution in [3.8, 4) is 0 Å². The van der Waals surface area contributed by atoms with Crippen LogP contribution >= 0.6 is 0 Å². The summed E-state index contributed by atoms with van der Waals surface area (Å²) < 4.78 is 27.7. The van der Waals surface area contributed by atoms with Crippen LogP contribution < -0.4 is 4.72 Å². The molecule has 0 amide bonds. The molecule has 0 bridgehead atoms. The highest BCUT2D eigenvalue weighted by molar-refractivity contribution is 7.89. The minimum Gasteiger partial charge on any atom is -0.396 e. The van der Waals surface area contributed by atoms with E-state index >= 15 is 0 Å². The fraction of sp³-hybridized carbons (Fsp3) is 0.625. The predicted molar refractivity (Wildman–Crippen MR) is 83.7 cm³/mol. The molecule has 1 aromatic rings. The lowest BCUT2D eigenvalue weighted by Crippen LogP contribution is -2.38. The van der Waals surface area contributed by atoms with Gasteiger partial charge in [0.15, 0.2) is 0 Å². The summed E-state index contributed by atoms with van der Waals surface area (Å²) in [6.07, 6.45) is 3.37. The van der Waals surface area contributed by atoms with Crippen LogP contribution in [0.4, 0.5) is 0 Å². The van der Waals surface area contributed by atoms with Crippen LogP contribution in [0.15, 0.2) is 29.2 Å². The number of aliphatic hydroxyl groups is 1. The van der Waals surface area contributed by atoms with E-state index in [-0.39, 0.29) is 12.6 Å². The Bertz CT molecular complexity index is 561. The van der Waals surface area contributed by atoms with Gasteiger partial charge in [-0.25, -0.2) is 13.1 Å². The SMILES string of the molecule is CC(C)c1cccc(S(=O)(=O)NC2CCC(CO)CC2)c1. The zero-order valence-electron chi connectivity index (χ0n) is 12.7. The third-order valence-corrected chi connectivity index (χ3v) is 5.78. The summed E-state index contributed by atoms with van der Waals surface area (Å²) in [6, 6.07) is 7.14. The van der Waals surface area contributed by atoms with E-state index in [1.54, 1.807) is 18.2 Å². The lowest BCUT2D eigenvalue weighted by Gasteiger charge is -2.27. The van der Waals surface area contributed by atoms with E-state index in [0.717, 1.165) is 31.2 Å². The van der Waals surface area contributed by atoms with Gasteiger partial charge in [-0.15, -0.1) is 0 Å². The van der Waals surface area contributed by atoms with Crippen molar-refractivity contribution in [1.82, 2.24) is 4.72 Å². The van der Waals surface area contributed by atoms with Crippen molar-refractivity contribution in [1.29, 1.82) is 0 Å². The van der Waals surface area contributed by atoms with E-state index in [1.165, 1.54) is 0 Å². The molecule has 1 aromatic carbocycles. The Balaban J connectivity index is 2.07. The number of nitrogens with one attached hydrogen (secondary N) is 1. The van der Waals surface area contributed by atoms with Crippen LogP contribution in [0, 0.1) is 5.92 Å². The average Bonchev–Trinajstić information content (AvgIpc) is 2.48. The van der Waals surface area contributed by atoms with Crippen LogP contribution in [0.5, 0.6) is 0 Å². The molecule has 0 aliphatic heterocycles. The smallest absolute Gasteiger partial charge is 0.240 e. The van der Waals surface area contributed by atoms with Gasteiger partial charge in [-0.3, -0.25) is 0 Å². The first-order chi connectivity index (χ1) is 9.92. The molecule has 0 spiro atoms. The Labute approximate surface area is 127 Å². The standard InChI is InChI=1S/C16H25NO3S/c1-12(2)14-4-3-5-16(10-14)21(19,20)17-15-8-6-13(11-18)7-9-15/h3-5,10,12-13,15,17-18H,6-9,11H2,1-2H3. The molecule has 1 aliphatic carbocycles. The van der Waals surface area contributed by atoms with Gasteiger partial charge in [0.2, 0.25) is 10.0 Å². The van der Waals surface area contributed by atoms with E-state index in [0.29, 0.717) is 16.7 Å². The zero-order chi connectivity index (χ0) is 15.5. The van der Waals surface area contributed by atoms with E-state index in [2.05, 4.69) is 18.6 Å². The number of hydrogen-bond donors (Lipinski definition) is 2. The molecule has 0 saturated heterocycles. The maximum atomic E-state index is 12.5. The summed E-state index contributed by atoms with van der Waals surface area (Å²) in [6.45, 7) is 4.31. The Kier molecular flexibility index (Phi) is 5.41. The Morgan fingerprint density at radius 3 is 2.48 bits per heavy atom. The lowest BCUT2D eigenvalue weighted by molar-refractivity contribution is 0.180. The molecule has 2 N–H and O–H groups in total. The molecule has 1 fully saturated rings. The van der Waals surface area contributed by atoms with Gasteiger partial charge in [0, 0.05) is 12.6 Å². The van der Waals surface area contributed by atoms with Gasteiger partial charge in [-0.05, 0) is 55.2 Å². The largest absolute Gasteiger partial charge is 0.396 e. The second-order valence-electron chi connectivity index (χ2n) is 6.25. The average molecular weight is 311 g/mol. The van der Waals surface area contributed by atoms with Crippen molar-refractivity contribution < 1.29 is 13.5 Å². The third kappa shape index (κ3) is 4.28. The van der Waals surface area contributed by atoms with E-state index in [9.17, 15) is 8.42 Å². The number of hydrogen-bond acceptors (Lipinski definition) is 3. The topological polar surface area (TPSA) is 66.4 Å². The van der Waals surface area contributed by atoms with Crippen molar-refractivity contribution >= 4 is 10.0 Å². The fourth-order valence-corrected chi connectivity index (χ4v) is 4.15. The normalized spacial score (nSPS) is 23.4. The van der Waals surface area contributed by atoms with Crippen LogP contribution in [0.3, 0.4) is 0 Å². The second kappa shape index (κ2) is 6.90. The minimum atomic E-state index is -3.45. The molecular weight excluding hydrogens is 286 g/mol. The molecule has 118 valence electrons. The molecule has 0 aromatic heterocycles. The lowest BCUT2D eigenvalue weighted by atomic mass is 9.87. The molecule has 1 saturated carbocycles. The Morgan fingerprint density at radius 2 is 1.90 bits per heavy atom. The highest BCUT2D eigenvalue weighted by atomic mass is 32.2. The van der Waals surface area contributed by atoms with Crippen LogP contribution in [0.1, 0.15) is 51.0 Å². The van der Waals surface area contributed by atoms with Gasteiger partial charge in [-0.2, -0.15) is 0 Å². The highest BCUT2D eigenvalue weighted by Gasteiger charge is 2.25. The summed E-state index contributed by atoms with van der Waals surface area (Å²) in [5.74, 6) is 0.634. The molecule has 0 heterocycles. The maximum Gasteiger partial charge on any atom is 0.240 e. The molecular formula is C16H25NO3S. The van der Waals surface area contributed by atoms with E-state index in [4.69, 9.17) is 5.11 Å². The van der Waals surface area contributed by atoms with Gasteiger partial charge in [0.25, 0.3) is 0 Å². The van der Waals surface area contributed by atoms with Gasteiger partial charge >= 0.3 is 0 Å². The first kappa shape index (κ1) is 16.5. The van der Waals surface area contributed by atoms with E-state index in [1.807, 2.05) is 6.07 Å². The summed E-state index contributed by atoms with van der Waals surface area (Å²) in [5.41, 5.74) is 1.03. The molecule has 21 heavy (non-hydrogen) atoms. The van der Waals surface area contributed by atoms with Crippen molar-refractivity contribution in [2.24, 2.45) is 5.92 Å². The summed E-state index contributed by atoms with van der Waals surface area (Å²) in [5, 5.41) is 9.13. The van der Waals surface area contributed by atoms with Crippen LogP contribution in [0.25, 0.3) is 0 Å². The van der Waals surface area contributed by atoms with Gasteiger partial charge in [-0.1, -0.05) is 26.0 Å².